The Balaban J connectivity index is 2.54. The minimum Gasteiger partial charge on any atom is -0.496 e. The lowest BCUT2D eigenvalue weighted by molar-refractivity contribution is 0.108. The number of benzene rings is 2. The highest BCUT2D eigenvalue weighted by Crippen LogP contribution is 2.41. The van der Waals surface area contributed by atoms with Gasteiger partial charge in [0.15, 0.2) is 5.52 Å². The molecule has 8 heteroatoms. The van der Waals surface area contributed by atoms with Crippen LogP contribution in [0.5, 0.6) is 34.5 Å². The largest absolute Gasteiger partial charge is 0.496 e. The predicted octanol–water partition coefficient (Wildman–Crippen LogP) is 5.22. The van der Waals surface area contributed by atoms with E-state index in [-0.39, 0.29) is 14.1 Å². The number of hydrogen-bond donors (Lipinski definition) is 0. The van der Waals surface area contributed by atoms with Gasteiger partial charge in [0, 0.05) is 24.3 Å². The monoisotopic (exact) mass is 478 g/mol. The van der Waals surface area contributed by atoms with E-state index >= 15 is 0 Å². The van der Waals surface area contributed by atoms with E-state index in [1.807, 2.05) is 32.9 Å². The summed E-state index contributed by atoms with van der Waals surface area (Å²) < 4.78 is 34.2. The van der Waals surface area contributed by atoms with Gasteiger partial charge >= 0.3 is 0 Å². The van der Waals surface area contributed by atoms with Crippen LogP contribution in [0.3, 0.4) is 0 Å². The molecule has 0 aliphatic heterocycles. The topological polar surface area (TPSA) is 72.5 Å². The fourth-order valence-corrected chi connectivity index (χ4v) is 4.18. The Morgan fingerprint density at radius 1 is 0.667 bits per heavy atom. The summed E-state index contributed by atoms with van der Waals surface area (Å²) in [6.07, 6.45) is 2.55. The molecule has 182 valence electrons. The van der Waals surface area contributed by atoms with Crippen molar-refractivity contribution in [2.75, 3.05) is 41.2 Å². The summed E-state index contributed by atoms with van der Waals surface area (Å²) in [7, 11) is 4.30. The molecule has 2 aromatic carbocycles. The Kier molecular flexibility index (Phi) is 11.1. The first kappa shape index (κ1) is 26.6. The SMILES string of the molecule is CCCOc1cc(OCCC)c(PC(=O)c2c(OC)cc(OC)cc2OC)c(OCCC)c1. The van der Waals surface area contributed by atoms with Crippen LogP contribution in [0.15, 0.2) is 24.3 Å². The van der Waals surface area contributed by atoms with E-state index in [1.54, 1.807) is 19.2 Å². The van der Waals surface area contributed by atoms with E-state index in [1.165, 1.54) is 14.2 Å². The van der Waals surface area contributed by atoms with Gasteiger partial charge in [-0.1, -0.05) is 20.8 Å². The molecule has 0 saturated carbocycles. The van der Waals surface area contributed by atoms with E-state index in [0.29, 0.717) is 65.2 Å². The molecule has 7 nitrogen and oxygen atoms in total. The maximum atomic E-state index is 13.6. The summed E-state index contributed by atoms with van der Waals surface area (Å²) in [6, 6.07) is 7.01. The van der Waals surface area contributed by atoms with Crippen molar-refractivity contribution in [3.05, 3.63) is 29.8 Å². The lowest BCUT2D eigenvalue weighted by Gasteiger charge is -2.19. The van der Waals surface area contributed by atoms with Gasteiger partial charge in [-0.25, -0.2) is 0 Å². The zero-order chi connectivity index (χ0) is 24.2. The van der Waals surface area contributed by atoms with Crippen LogP contribution in [0.4, 0.5) is 0 Å². The fraction of sp³-hybridized carbons (Fsp3) is 0.480. The van der Waals surface area contributed by atoms with Crippen LogP contribution in [0.2, 0.25) is 0 Å². The van der Waals surface area contributed by atoms with Crippen LogP contribution >= 0.6 is 8.58 Å². The quantitative estimate of drug-likeness (QED) is 0.325. The smallest absolute Gasteiger partial charge is 0.193 e. The molecule has 0 aliphatic carbocycles. The molecule has 2 rings (SSSR count). The van der Waals surface area contributed by atoms with Gasteiger partial charge in [-0.2, -0.15) is 0 Å². The van der Waals surface area contributed by atoms with Gasteiger partial charge in [0.1, 0.15) is 40.1 Å². The molecule has 0 aliphatic rings. The highest BCUT2D eigenvalue weighted by Gasteiger charge is 2.25. The molecule has 1 atom stereocenters. The number of carbonyl (C=O) groups is 1. The van der Waals surface area contributed by atoms with Gasteiger partial charge in [0.25, 0.3) is 0 Å². The number of ether oxygens (including phenoxy) is 6. The molecule has 1 unspecified atom stereocenters. The molecule has 0 radical (unpaired) electrons. The van der Waals surface area contributed by atoms with Crippen molar-refractivity contribution in [3.8, 4) is 34.5 Å². The van der Waals surface area contributed by atoms with E-state index in [4.69, 9.17) is 28.4 Å². The summed E-state index contributed by atoms with van der Waals surface area (Å²) in [5.41, 5.74) is 0.199. The van der Waals surface area contributed by atoms with Crippen LogP contribution < -0.4 is 33.7 Å². The lowest BCUT2D eigenvalue weighted by atomic mass is 10.2. The highest BCUT2D eigenvalue weighted by molar-refractivity contribution is 7.66. The van der Waals surface area contributed by atoms with Crippen LogP contribution in [-0.4, -0.2) is 46.7 Å². The lowest BCUT2D eigenvalue weighted by Crippen LogP contribution is -2.14. The van der Waals surface area contributed by atoms with Crippen LogP contribution in [0.25, 0.3) is 0 Å². The van der Waals surface area contributed by atoms with Gasteiger partial charge in [-0.15, -0.1) is 0 Å². The third-order valence-corrected chi connectivity index (χ3v) is 5.84. The summed E-state index contributed by atoms with van der Waals surface area (Å²) in [5.74, 6) is 3.16. The third-order valence-electron chi connectivity index (χ3n) is 4.62. The summed E-state index contributed by atoms with van der Waals surface area (Å²) in [6.45, 7) is 7.74. The van der Waals surface area contributed by atoms with Gasteiger partial charge in [-0.3, -0.25) is 4.79 Å². The predicted molar refractivity (Wildman–Crippen MR) is 132 cm³/mol. The molecular formula is C25H35O7P. The van der Waals surface area contributed by atoms with Crippen molar-refractivity contribution >= 4 is 19.4 Å². The van der Waals surface area contributed by atoms with Crippen LogP contribution in [0, 0.1) is 0 Å². The maximum Gasteiger partial charge on any atom is 0.193 e. The van der Waals surface area contributed by atoms with Gasteiger partial charge < -0.3 is 28.4 Å². The standard InChI is InChI=1S/C25H35O7P/c1-7-10-30-18-15-21(31-11-8-2)24(22(16-18)32-12-9-3)33-25(26)23-19(28-5)13-17(27-4)14-20(23)29-6/h13-16,33H,7-12H2,1-6H3. The minimum atomic E-state index is -0.274. The molecule has 0 bridgehead atoms. The van der Waals surface area contributed by atoms with Crippen LogP contribution in [0.1, 0.15) is 50.4 Å². The van der Waals surface area contributed by atoms with Gasteiger partial charge in [0.2, 0.25) is 0 Å². The molecule has 0 N–H and O–H groups in total. The first-order valence-electron chi connectivity index (χ1n) is 11.2. The van der Waals surface area contributed by atoms with Crippen molar-refractivity contribution in [2.45, 2.75) is 40.0 Å². The second-order valence-corrected chi connectivity index (χ2v) is 8.41. The number of hydrogen-bond acceptors (Lipinski definition) is 7. The van der Waals surface area contributed by atoms with E-state index < -0.39 is 0 Å². The molecule has 0 aromatic heterocycles. The van der Waals surface area contributed by atoms with Crippen molar-refractivity contribution < 1.29 is 33.2 Å². The average molecular weight is 479 g/mol. The van der Waals surface area contributed by atoms with E-state index in [0.717, 1.165) is 19.3 Å². The van der Waals surface area contributed by atoms with E-state index in [2.05, 4.69) is 0 Å². The zero-order valence-corrected chi connectivity index (χ0v) is 21.4. The Hall–Kier alpha value is -2.66. The molecular weight excluding hydrogens is 443 g/mol. The second kappa shape index (κ2) is 13.8. The van der Waals surface area contributed by atoms with Crippen molar-refractivity contribution in [2.24, 2.45) is 0 Å². The summed E-state index contributed by atoms with van der Waals surface area (Å²) in [4.78, 5) is 13.6. The number of methoxy groups -OCH3 is 3. The molecule has 0 saturated heterocycles. The van der Waals surface area contributed by atoms with Crippen LogP contribution in [-0.2, 0) is 0 Å². The summed E-state index contributed by atoms with van der Waals surface area (Å²) in [5, 5.41) is 0.700. The molecule has 0 amide bonds. The van der Waals surface area contributed by atoms with Gasteiger partial charge in [-0.05, 0) is 27.8 Å². The molecule has 0 spiro atoms. The number of carbonyl (C=O) groups excluding carboxylic acids is 1. The normalized spacial score (nSPS) is 10.8. The fourth-order valence-electron chi connectivity index (χ4n) is 3.05. The van der Waals surface area contributed by atoms with Gasteiger partial charge in [0.05, 0.1) is 46.5 Å². The zero-order valence-electron chi connectivity index (χ0n) is 20.4. The molecule has 0 heterocycles. The first-order chi connectivity index (χ1) is 16.0. The Labute approximate surface area is 198 Å². The van der Waals surface area contributed by atoms with Crippen molar-refractivity contribution in [3.63, 3.8) is 0 Å². The Morgan fingerprint density at radius 2 is 1.12 bits per heavy atom. The second-order valence-electron chi connectivity index (χ2n) is 7.20. The number of rotatable bonds is 15. The minimum absolute atomic E-state index is 0.156. The molecule has 0 fully saturated rings. The average Bonchev–Trinajstić information content (AvgIpc) is 2.84. The highest BCUT2D eigenvalue weighted by atomic mass is 31.1. The molecule has 33 heavy (non-hydrogen) atoms. The third kappa shape index (κ3) is 7.16. The van der Waals surface area contributed by atoms with Crippen molar-refractivity contribution in [1.29, 1.82) is 0 Å². The molecule has 2 aromatic rings. The van der Waals surface area contributed by atoms with E-state index in [9.17, 15) is 4.79 Å². The summed E-state index contributed by atoms with van der Waals surface area (Å²) >= 11 is 0. The Bertz CT molecular complexity index is 860. The maximum absolute atomic E-state index is 13.6. The first-order valence-corrected chi connectivity index (χ1v) is 12.2. The Morgan fingerprint density at radius 3 is 1.55 bits per heavy atom. The van der Waals surface area contributed by atoms with Crippen molar-refractivity contribution in [1.82, 2.24) is 0 Å².